The van der Waals surface area contributed by atoms with E-state index in [1.165, 1.54) is 15.3 Å². The SMILES string of the molecule is Cc1ccc(C(=O)N2CCCC(S(=O)(=O)N3CCc4ccccc43)C2)c(=O)[nH]1. The first kappa shape index (κ1) is 18.7. The number of para-hydroxylation sites is 1. The number of anilines is 1. The molecule has 1 atom stereocenters. The molecule has 1 N–H and O–H groups in total. The molecule has 2 aromatic rings. The number of hydrogen-bond donors (Lipinski definition) is 1. The van der Waals surface area contributed by atoms with Crippen molar-refractivity contribution in [1.82, 2.24) is 9.88 Å². The van der Waals surface area contributed by atoms with E-state index >= 15 is 0 Å². The number of carbonyl (C=O) groups excluding carboxylic acids is 1. The first-order valence-corrected chi connectivity index (χ1v) is 11.0. The van der Waals surface area contributed by atoms with Gasteiger partial charge in [-0.25, -0.2) is 8.42 Å². The summed E-state index contributed by atoms with van der Waals surface area (Å²) in [4.78, 5) is 29.1. The fraction of sp³-hybridized carbons (Fsp3) is 0.400. The number of sulfonamides is 1. The molecule has 0 spiro atoms. The first-order chi connectivity index (χ1) is 13.4. The highest BCUT2D eigenvalue weighted by Gasteiger charge is 2.39. The zero-order chi connectivity index (χ0) is 19.9. The van der Waals surface area contributed by atoms with E-state index in [1.54, 1.807) is 13.0 Å². The van der Waals surface area contributed by atoms with Crippen LogP contribution in [0.25, 0.3) is 0 Å². The number of carbonyl (C=O) groups is 1. The molecule has 1 fully saturated rings. The second-order valence-corrected chi connectivity index (χ2v) is 9.53. The lowest BCUT2D eigenvalue weighted by Crippen LogP contribution is -2.50. The standard InChI is InChI=1S/C20H23N3O4S/c1-14-8-9-17(19(24)21-14)20(25)22-11-4-6-16(13-22)28(26,27)23-12-10-15-5-2-3-7-18(15)23/h2-3,5,7-9,16H,4,6,10-13H2,1H3,(H,21,24). The lowest BCUT2D eigenvalue weighted by Gasteiger charge is -2.35. The highest BCUT2D eigenvalue weighted by molar-refractivity contribution is 7.93. The predicted molar refractivity (Wildman–Crippen MR) is 107 cm³/mol. The van der Waals surface area contributed by atoms with Crippen molar-refractivity contribution in [1.29, 1.82) is 0 Å². The van der Waals surface area contributed by atoms with Gasteiger partial charge in [0.15, 0.2) is 0 Å². The topological polar surface area (TPSA) is 90.6 Å². The summed E-state index contributed by atoms with van der Waals surface area (Å²) in [5, 5.41) is -0.666. The van der Waals surface area contributed by atoms with E-state index in [4.69, 9.17) is 0 Å². The Morgan fingerprint density at radius 2 is 1.93 bits per heavy atom. The molecule has 0 radical (unpaired) electrons. The summed E-state index contributed by atoms with van der Waals surface area (Å²) in [6.07, 6.45) is 1.80. The van der Waals surface area contributed by atoms with Crippen molar-refractivity contribution in [2.24, 2.45) is 0 Å². The van der Waals surface area contributed by atoms with Gasteiger partial charge in [-0.05, 0) is 49.9 Å². The molecule has 148 valence electrons. The number of H-pyrrole nitrogens is 1. The van der Waals surface area contributed by atoms with E-state index < -0.39 is 26.7 Å². The van der Waals surface area contributed by atoms with Crippen molar-refractivity contribution in [3.63, 3.8) is 0 Å². The Morgan fingerprint density at radius 1 is 1.14 bits per heavy atom. The molecular formula is C20H23N3O4S. The highest BCUT2D eigenvalue weighted by atomic mass is 32.2. The third-order valence-corrected chi connectivity index (χ3v) is 7.74. The van der Waals surface area contributed by atoms with Gasteiger partial charge in [0.1, 0.15) is 5.56 Å². The number of nitrogens with one attached hydrogen (secondary N) is 1. The Hall–Kier alpha value is -2.61. The fourth-order valence-electron chi connectivity index (χ4n) is 4.03. The third kappa shape index (κ3) is 3.22. The van der Waals surface area contributed by atoms with Crippen LogP contribution in [-0.4, -0.2) is 49.1 Å². The second-order valence-electron chi connectivity index (χ2n) is 7.40. The number of nitrogens with zero attached hydrogens (tertiary/aromatic N) is 2. The molecule has 1 amide bonds. The van der Waals surface area contributed by atoms with Crippen LogP contribution in [0.1, 0.15) is 34.5 Å². The Labute approximate surface area is 164 Å². The number of hydrogen-bond acceptors (Lipinski definition) is 4. The number of piperidine rings is 1. The summed E-state index contributed by atoms with van der Waals surface area (Å²) in [7, 11) is -3.59. The van der Waals surface area contributed by atoms with Gasteiger partial charge < -0.3 is 9.88 Å². The van der Waals surface area contributed by atoms with E-state index in [-0.39, 0.29) is 12.1 Å². The van der Waals surface area contributed by atoms with E-state index in [1.807, 2.05) is 24.3 Å². The molecule has 1 saturated heterocycles. The molecule has 7 nitrogen and oxygen atoms in total. The summed E-state index contributed by atoms with van der Waals surface area (Å²) in [6.45, 7) is 2.73. The number of aryl methyl sites for hydroxylation is 1. The van der Waals surface area contributed by atoms with Gasteiger partial charge in [-0.15, -0.1) is 0 Å². The number of aromatic nitrogens is 1. The van der Waals surface area contributed by atoms with Crippen molar-refractivity contribution in [3.05, 3.63) is 63.6 Å². The number of likely N-dealkylation sites (tertiary alicyclic amines) is 1. The smallest absolute Gasteiger partial charge is 0.260 e. The average molecular weight is 401 g/mol. The Bertz CT molecular complexity index is 1080. The van der Waals surface area contributed by atoms with Crippen LogP contribution >= 0.6 is 0 Å². The molecule has 2 aliphatic heterocycles. The highest BCUT2D eigenvalue weighted by Crippen LogP contribution is 2.33. The summed E-state index contributed by atoms with van der Waals surface area (Å²) in [5.41, 5.74) is 2.05. The monoisotopic (exact) mass is 401 g/mol. The van der Waals surface area contributed by atoms with E-state index in [9.17, 15) is 18.0 Å². The molecule has 4 rings (SSSR count). The molecule has 1 aromatic heterocycles. The fourth-order valence-corrected chi connectivity index (χ4v) is 6.02. The van der Waals surface area contributed by atoms with Crippen LogP contribution in [0, 0.1) is 6.92 Å². The average Bonchev–Trinajstić information content (AvgIpc) is 3.12. The maximum atomic E-state index is 13.3. The van der Waals surface area contributed by atoms with E-state index in [0.717, 1.165) is 11.3 Å². The Morgan fingerprint density at radius 3 is 2.71 bits per heavy atom. The van der Waals surface area contributed by atoms with Gasteiger partial charge in [-0.2, -0.15) is 0 Å². The lowest BCUT2D eigenvalue weighted by atomic mass is 10.1. The maximum absolute atomic E-state index is 13.3. The van der Waals surface area contributed by atoms with Crippen LogP contribution in [0.3, 0.4) is 0 Å². The minimum atomic E-state index is -3.59. The minimum Gasteiger partial charge on any atom is -0.337 e. The normalized spacial score (nSPS) is 19.5. The summed E-state index contributed by atoms with van der Waals surface area (Å²) in [5.74, 6) is -0.414. The Kier molecular flexibility index (Phi) is 4.74. The molecular weight excluding hydrogens is 378 g/mol. The number of rotatable bonds is 3. The van der Waals surface area contributed by atoms with Gasteiger partial charge in [-0.3, -0.25) is 13.9 Å². The summed E-state index contributed by atoms with van der Waals surface area (Å²) >= 11 is 0. The van der Waals surface area contributed by atoms with Gasteiger partial charge in [-0.1, -0.05) is 18.2 Å². The van der Waals surface area contributed by atoms with Crippen molar-refractivity contribution >= 4 is 21.6 Å². The van der Waals surface area contributed by atoms with Crippen molar-refractivity contribution in [2.75, 3.05) is 23.9 Å². The first-order valence-electron chi connectivity index (χ1n) is 9.46. The van der Waals surface area contributed by atoms with Gasteiger partial charge in [0.25, 0.3) is 11.5 Å². The number of benzene rings is 1. The second kappa shape index (κ2) is 7.09. The zero-order valence-corrected chi connectivity index (χ0v) is 16.5. The van der Waals surface area contributed by atoms with Crippen LogP contribution in [0.5, 0.6) is 0 Å². The number of fused-ring (bicyclic) bond motifs is 1. The van der Waals surface area contributed by atoms with Crippen LogP contribution in [0.2, 0.25) is 0 Å². The molecule has 0 saturated carbocycles. The van der Waals surface area contributed by atoms with Gasteiger partial charge in [0, 0.05) is 25.3 Å². The molecule has 1 aromatic carbocycles. The summed E-state index contributed by atoms with van der Waals surface area (Å²) in [6, 6.07) is 10.7. The van der Waals surface area contributed by atoms with Crippen LogP contribution in [-0.2, 0) is 16.4 Å². The molecule has 3 heterocycles. The number of amides is 1. The molecule has 0 aliphatic carbocycles. The third-order valence-electron chi connectivity index (χ3n) is 5.52. The minimum absolute atomic E-state index is 0.0511. The number of pyridine rings is 1. The van der Waals surface area contributed by atoms with Crippen LogP contribution in [0.4, 0.5) is 5.69 Å². The summed E-state index contributed by atoms with van der Waals surface area (Å²) < 4.78 is 28.1. The predicted octanol–water partition coefficient (Wildman–Crippen LogP) is 1.68. The van der Waals surface area contributed by atoms with Crippen molar-refractivity contribution in [2.45, 2.75) is 31.4 Å². The van der Waals surface area contributed by atoms with E-state index in [0.29, 0.717) is 38.0 Å². The zero-order valence-electron chi connectivity index (χ0n) is 15.7. The quantitative estimate of drug-likeness (QED) is 0.847. The van der Waals surface area contributed by atoms with Gasteiger partial charge >= 0.3 is 0 Å². The molecule has 1 unspecified atom stereocenters. The van der Waals surface area contributed by atoms with Crippen molar-refractivity contribution in [3.8, 4) is 0 Å². The molecule has 2 aliphatic rings. The maximum Gasteiger partial charge on any atom is 0.260 e. The van der Waals surface area contributed by atoms with Crippen LogP contribution < -0.4 is 9.86 Å². The molecule has 0 bridgehead atoms. The van der Waals surface area contributed by atoms with Crippen LogP contribution in [0.15, 0.2) is 41.2 Å². The Balaban J connectivity index is 1.57. The van der Waals surface area contributed by atoms with E-state index in [2.05, 4.69) is 4.98 Å². The largest absolute Gasteiger partial charge is 0.337 e. The lowest BCUT2D eigenvalue weighted by molar-refractivity contribution is 0.0725. The molecule has 8 heteroatoms. The van der Waals surface area contributed by atoms with Gasteiger partial charge in [0.2, 0.25) is 10.0 Å². The number of aromatic amines is 1. The van der Waals surface area contributed by atoms with Gasteiger partial charge in [0.05, 0.1) is 10.9 Å². The molecule has 28 heavy (non-hydrogen) atoms. The van der Waals surface area contributed by atoms with Crippen molar-refractivity contribution < 1.29 is 13.2 Å².